The first-order valence-electron chi connectivity index (χ1n) is 6.47. The van der Waals surface area contributed by atoms with Crippen molar-refractivity contribution in [3.05, 3.63) is 34.1 Å². The molecule has 0 spiro atoms. The maximum Gasteiger partial charge on any atom is 0.137 e. The molecule has 4 heteroatoms. The quantitative estimate of drug-likeness (QED) is 0.875. The van der Waals surface area contributed by atoms with Crippen LogP contribution < -0.4 is 5.32 Å². The number of aliphatic hydroxyl groups is 1. The average molecular weight is 316 g/mol. The van der Waals surface area contributed by atoms with Gasteiger partial charge in [-0.25, -0.2) is 4.39 Å². The molecule has 2 N–H and O–H groups in total. The van der Waals surface area contributed by atoms with Gasteiger partial charge in [0, 0.05) is 13.2 Å². The second kappa shape index (κ2) is 6.64. The number of benzene rings is 1. The van der Waals surface area contributed by atoms with Gasteiger partial charge in [0.1, 0.15) is 5.82 Å². The molecule has 2 rings (SSSR count). The smallest absolute Gasteiger partial charge is 0.137 e. The van der Waals surface area contributed by atoms with Gasteiger partial charge in [-0.1, -0.05) is 18.6 Å². The van der Waals surface area contributed by atoms with Gasteiger partial charge in [-0.05, 0) is 58.8 Å². The molecule has 1 fully saturated rings. The lowest BCUT2D eigenvalue weighted by Crippen LogP contribution is -2.26. The fourth-order valence-electron chi connectivity index (χ4n) is 2.70. The molecule has 0 aliphatic heterocycles. The lowest BCUT2D eigenvalue weighted by molar-refractivity contribution is 0.192. The van der Waals surface area contributed by atoms with Gasteiger partial charge in [0.2, 0.25) is 0 Å². The largest absolute Gasteiger partial charge is 0.396 e. The second-order valence-corrected chi connectivity index (χ2v) is 5.77. The third kappa shape index (κ3) is 3.31. The molecule has 0 bridgehead atoms. The fraction of sp³-hybridized carbons (Fsp3) is 0.571. The second-order valence-electron chi connectivity index (χ2n) is 4.98. The Morgan fingerprint density at radius 2 is 2.11 bits per heavy atom. The number of aliphatic hydroxyl groups excluding tert-OH is 1. The summed E-state index contributed by atoms with van der Waals surface area (Å²) in [6.45, 7) is 1.84. The van der Waals surface area contributed by atoms with Crippen molar-refractivity contribution in [2.75, 3.05) is 13.2 Å². The van der Waals surface area contributed by atoms with Crippen molar-refractivity contribution in [2.24, 2.45) is 11.8 Å². The first-order chi connectivity index (χ1) is 8.72. The van der Waals surface area contributed by atoms with E-state index in [0.717, 1.165) is 18.5 Å². The molecule has 0 radical (unpaired) electrons. The molecule has 0 aromatic heterocycles. The summed E-state index contributed by atoms with van der Waals surface area (Å²) >= 11 is 3.26. The number of nitrogens with one attached hydrogen (secondary N) is 1. The zero-order chi connectivity index (χ0) is 13.0. The Hall–Kier alpha value is -0.450. The van der Waals surface area contributed by atoms with E-state index in [1.807, 2.05) is 6.07 Å². The summed E-state index contributed by atoms with van der Waals surface area (Å²) in [5, 5.41) is 12.6. The summed E-state index contributed by atoms with van der Waals surface area (Å²) in [4.78, 5) is 0. The van der Waals surface area contributed by atoms with Crippen molar-refractivity contribution in [1.82, 2.24) is 5.32 Å². The lowest BCUT2D eigenvalue weighted by Gasteiger charge is -2.18. The zero-order valence-electron chi connectivity index (χ0n) is 10.3. The van der Waals surface area contributed by atoms with Crippen LogP contribution in [0.3, 0.4) is 0 Å². The van der Waals surface area contributed by atoms with E-state index < -0.39 is 0 Å². The number of hydrogen-bond donors (Lipinski definition) is 2. The minimum atomic E-state index is -0.219. The summed E-state index contributed by atoms with van der Waals surface area (Å²) in [5.41, 5.74) is 0.938. The third-order valence-corrected chi connectivity index (χ3v) is 4.69. The highest BCUT2D eigenvalue weighted by Gasteiger charge is 2.25. The van der Waals surface area contributed by atoms with Crippen LogP contribution in [-0.4, -0.2) is 18.3 Å². The monoisotopic (exact) mass is 315 g/mol. The van der Waals surface area contributed by atoms with Gasteiger partial charge < -0.3 is 10.4 Å². The molecular weight excluding hydrogens is 297 g/mol. The molecule has 2 unspecified atom stereocenters. The van der Waals surface area contributed by atoms with Crippen LogP contribution >= 0.6 is 15.9 Å². The Balaban J connectivity index is 1.83. The fourth-order valence-corrected chi connectivity index (χ4v) is 3.10. The molecule has 0 heterocycles. The van der Waals surface area contributed by atoms with E-state index in [-0.39, 0.29) is 12.4 Å². The zero-order valence-corrected chi connectivity index (χ0v) is 11.9. The lowest BCUT2D eigenvalue weighted by atomic mass is 9.97. The summed E-state index contributed by atoms with van der Waals surface area (Å²) in [6.07, 6.45) is 3.52. The molecule has 1 aromatic carbocycles. The molecule has 2 atom stereocenters. The topological polar surface area (TPSA) is 32.3 Å². The highest BCUT2D eigenvalue weighted by molar-refractivity contribution is 9.10. The van der Waals surface area contributed by atoms with Gasteiger partial charge in [0.25, 0.3) is 0 Å². The minimum Gasteiger partial charge on any atom is -0.396 e. The maximum absolute atomic E-state index is 13.3. The number of hydrogen-bond acceptors (Lipinski definition) is 2. The highest BCUT2D eigenvalue weighted by Crippen LogP contribution is 2.30. The summed E-state index contributed by atoms with van der Waals surface area (Å²) in [5.74, 6) is 0.777. The number of halogens is 2. The van der Waals surface area contributed by atoms with Crippen LogP contribution in [0.1, 0.15) is 24.8 Å². The molecule has 1 aromatic rings. The average Bonchev–Trinajstić information content (AvgIpc) is 2.82. The normalized spacial score (nSPS) is 23.5. The van der Waals surface area contributed by atoms with Crippen LogP contribution in [0.25, 0.3) is 0 Å². The Morgan fingerprint density at radius 3 is 2.89 bits per heavy atom. The van der Waals surface area contributed by atoms with Gasteiger partial charge in [-0.15, -0.1) is 0 Å². The van der Waals surface area contributed by atoms with Crippen LogP contribution in [0.5, 0.6) is 0 Å². The first kappa shape index (κ1) is 14.0. The Bertz CT molecular complexity index is 399. The summed E-state index contributed by atoms with van der Waals surface area (Å²) in [7, 11) is 0. The van der Waals surface area contributed by atoms with Crippen LogP contribution in [0.15, 0.2) is 22.7 Å². The summed E-state index contributed by atoms with van der Waals surface area (Å²) in [6, 6.07) is 5.09. The molecular formula is C14H19BrFNO. The van der Waals surface area contributed by atoms with Crippen molar-refractivity contribution in [3.8, 4) is 0 Å². The van der Waals surface area contributed by atoms with Gasteiger partial charge >= 0.3 is 0 Å². The predicted molar refractivity (Wildman–Crippen MR) is 73.7 cm³/mol. The molecule has 18 heavy (non-hydrogen) atoms. The van der Waals surface area contributed by atoms with E-state index in [2.05, 4.69) is 21.2 Å². The molecule has 0 amide bonds. The van der Waals surface area contributed by atoms with Gasteiger partial charge in [0.15, 0.2) is 0 Å². The van der Waals surface area contributed by atoms with E-state index in [0.29, 0.717) is 22.9 Å². The van der Waals surface area contributed by atoms with Gasteiger partial charge in [-0.2, -0.15) is 0 Å². The standard InChI is InChI=1S/C14H19BrFNO/c15-14-11(4-2-6-13(14)16)8-17-7-10-3-1-5-12(10)9-18/h2,4,6,10,12,17-18H,1,3,5,7-9H2. The molecule has 1 aliphatic rings. The molecule has 2 nitrogen and oxygen atoms in total. The van der Waals surface area contributed by atoms with Crippen molar-refractivity contribution < 1.29 is 9.50 Å². The predicted octanol–water partition coefficient (Wildman–Crippen LogP) is 3.09. The van der Waals surface area contributed by atoms with Crippen LogP contribution in [-0.2, 0) is 6.54 Å². The number of rotatable bonds is 5. The third-order valence-electron chi connectivity index (χ3n) is 3.80. The van der Waals surface area contributed by atoms with Crippen LogP contribution in [0.2, 0.25) is 0 Å². The van der Waals surface area contributed by atoms with Gasteiger partial charge in [-0.3, -0.25) is 0 Å². The van der Waals surface area contributed by atoms with Crippen LogP contribution in [0, 0.1) is 17.7 Å². The van der Waals surface area contributed by atoms with E-state index in [1.165, 1.54) is 18.9 Å². The summed E-state index contributed by atoms with van der Waals surface area (Å²) < 4.78 is 13.9. The Kier molecular flexibility index (Phi) is 5.15. The van der Waals surface area contributed by atoms with E-state index in [9.17, 15) is 9.50 Å². The molecule has 1 aliphatic carbocycles. The van der Waals surface area contributed by atoms with Crippen molar-refractivity contribution in [3.63, 3.8) is 0 Å². The maximum atomic E-state index is 13.3. The Labute approximate surface area is 116 Å². The van der Waals surface area contributed by atoms with E-state index in [1.54, 1.807) is 6.07 Å². The van der Waals surface area contributed by atoms with Crippen molar-refractivity contribution in [2.45, 2.75) is 25.8 Å². The highest BCUT2D eigenvalue weighted by atomic mass is 79.9. The SMILES string of the molecule is OCC1CCCC1CNCc1cccc(F)c1Br. The van der Waals surface area contributed by atoms with Gasteiger partial charge in [0.05, 0.1) is 4.47 Å². The molecule has 100 valence electrons. The van der Waals surface area contributed by atoms with Crippen molar-refractivity contribution >= 4 is 15.9 Å². The Morgan fingerprint density at radius 1 is 1.33 bits per heavy atom. The first-order valence-corrected chi connectivity index (χ1v) is 7.26. The van der Waals surface area contributed by atoms with Crippen molar-refractivity contribution in [1.29, 1.82) is 0 Å². The van der Waals surface area contributed by atoms with Crippen LogP contribution in [0.4, 0.5) is 4.39 Å². The van der Waals surface area contributed by atoms with E-state index >= 15 is 0 Å². The van der Waals surface area contributed by atoms with E-state index in [4.69, 9.17) is 0 Å². The minimum absolute atomic E-state index is 0.219. The molecule has 0 saturated heterocycles. The molecule has 1 saturated carbocycles.